The topological polar surface area (TPSA) is 98.8 Å². The minimum Gasteiger partial charge on any atom is -0.546 e. The van der Waals surface area contributed by atoms with Crippen LogP contribution in [0, 0.1) is 0 Å². The first-order chi connectivity index (χ1) is 13.8. The summed E-state index contributed by atoms with van der Waals surface area (Å²) < 4.78 is 5.33. The van der Waals surface area contributed by atoms with E-state index in [9.17, 15) is 19.5 Å². The summed E-state index contributed by atoms with van der Waals surface area (Å²) in [6.45, 7) is -0.622. The van der Waals surface area contributed by atoms with Gasteiger partial charge in [0.05, 0.1) is 10.9 Å². The number of halogens is 1. The number of ether oxygens (including phenoxy) is 1. The Balaban J connectivity index is 1.77. The van der Waals surface area contributed by atoms with Gasteiger partial charge in [-0.15, -0.1) is 0 Å². The van der Waals surface area contributed by atoms with Gasteiger partial charge < -0.3 is 14.6 Å². The molecule has 2 aromatic rings. The van der Waals surface area contributed by atoms with Crippen LogP contribution in [0.25, 0.3) is 6.08 Å². The average Bonchev–Trinajstić information content (AvgIpc) is 2.95. The Bertz CT molecular complexity index is 1020. The molecule has 7 nitrogen and oxygen atoms in total. The second-order valence-electron chi connectivity index (χ2n) is 5.66. The number of benzene rings is 2. The lowest BCUT2D eigenvalue weighted by molar-refractivity contribution is -0.307. The molecule has 10 heteroatoms. The van der Waals surface area contributed by atoms with Crippen LogP contribution >= 0.6 is 35.6 Å². The molecule has 0 spiro atoms. The van der Waals surface area contributed by atoms with Crippen molar-refractivity contribution in [2.75, 3.05) is 6.61 Å². The number of nitrogens with one attached hydrogen (secondary N) is 1. The summed E-state index contributed by atoms with van der Waals surface area (Å²) in [4.78, 5) is 35.9. The van der Waals surface area contributed by atoms with Crippen molar-refractivity contribution >= 4 is 63.8 Å². The predicted molar refractivity (Wildman–Crippen MR) is 111 cm³/mol. The summed E-state index contributed by atoms with van der Waals surface area (Å²) in [5.41, 5.74) is 3.26. The minimum absolute atomic E-state index is 0.150. The molecule has 1 saturated heterocycles. The van der Waals surface area contributed by atoms with Crippen LogP contribution in [0.5, 0.6) is 5.75 Å². The van der Waals surface area contributed by atoms with Gasteiger partial charge in [0.2, 0.25) is 0 Å². The van der Waals surface area contributed by atoms with Crippen LogP contribution in [0.2, 0.25) is 5.02 Å². The molecule has 2 amide bonds. The van der Waals surface area contributed by atoms with Gasteiger partial charge in [0.25, 0.3) is 11.8 Å². The maximum absolute atomic E-state index is 12.7. The van der Waals surface area contributed by atoms with Crippen molar-refractivity contribution < 1.29 is 24.2 Å². The Morgan fingerprint density at radius 2 is 1.90 bits per heavy atom. The fraction of sp³-hybridized carbons (Fsp3) is 0.0526. The first kappa shape index (κ1) is 20.8. The Morgan fingerprint density at radius 3 is 2.59 bits per heavy atom. The number of hydrogen-bond donors (Lipinski definition) is 1. The number of carbonyl (C=O) groups excluding carboxylic acids is 3. The maximum atomic E-state index is 12.7. The van der Waals surface area contributed by atoms with Crippen LogP contribution in [-0.2, 0) is 9.59 Å². The van der Waals surface area contributed by atoms with E-state index in [1.54, 1.807) is 36.4 Å². The molecular weight excluding hydrogens is 436 g/mol. The molecule has 1 N–H and O–H groups in total. The van der Waals surface area contributed by atoms with Gasteiger partial charge in [-0.05, 0) is 48.6 Å². The van der Waals surface area contributed by atoms with Crippen molar-refractivity contribution in [3.63, 3.8) is 0 Å². The lowest BCUT2D eigenvalue weighted by Gasteiger charge is -2.15. The minimum atomic E-state index is -1.36. The number of amides is 2. The first-order valence-electron chi connectivity index (χ1n) is 8.11. The number of hydrogen-bond acceptors (Lipinski definition) is 7. The number of thiocarbonyl (C=S) groups is 1. The second kappa shape index (κ2) is 9.08. The normalized spacial score (nSPS) is 14.9. The second-order valence-corrected chi connectivity index (χ2v) is 7.78. The van der Waals surface area contributed by atoms with Crippen LogP contribution in [0.3, 0.4) is 0 Å². The molecule has 0 radical (unpaired) electrons. The van der Waals surface area contributed by atoms with Crippen LogP contribution in [-0.4, -0.2) is 33.7 Å². The monoisotopic (exact) mass is 447 g/mol. The third kappa shape index (κ3) is 5.14. The van der Waals surface area contributed by atoms with E-state index in [-0.39, 0.29) is 15.0 Å². The van der Waals surface area contributed by atoms with Gasteiger partial charge in [-0.1, -0.05) is 41.6 Å². The Hall–Kier alpha value is -2.88. The molecule has 0 bridgehead atoms. The van der Waals surface area contributed by atoms with Gasteiger partial charge >= 0.3 is 0 Å². The Labute approximate surface area is 180 Å². The Kier molecular flexibility index (Phi) is 6.53. The van der Waals surface area contributed by atoms with E-state index < -0.39 is 24.4 Å². The van der Waals surface area contributed by atoms with Crippen molar-refractivity contribution in [3.05, 3.63) is 69.6 Å². The summed E-state index contributed by atoms with van der Waals surface area (Å²) in [6.07, 6.45) is 1.51. The molecule has 0 aromatic heterocycles. The largest absolute Gasteiger partial charge is 0.546 e. The number of thioether (sulfide) groups is 1. The molecule has 2 aromatic carbocycles. The molecule has 0 aliphatic carbocycles. The highest BCUT2D eigenvalue weighted by Crippen LogP contribution is 2.33. The summed E-state index contributed by atoms with van der Waals surface area (Å²) >= 11 is 12.0. The van der Waals surface area contributed by atoms with Crippen molar-refractivity contribution in [2.24, 2.45) is 0 Å². The molecule has 1 fully saturated rings. The first-order valence-corrected chi connectivity index (χ1v) is 9.71. The number of carboxylic acids is 1. The molecule has 0 unspecified atom stereocenters. The summed E-state index contributed by atoms with van der Waals surface area (Å²) in [7, 11) is 0. The van der Waals surface area contributed by atoms with Gasteiger partial charge in [0.1, 0.15) is 12.4 Å². The lowest BCUT2D eigenvalue weighted by atomic mass is 10.2. The van der Waals surface area contributed by atoms with E-state index in [0.717, 1.165) is 16.8 Å². The molecule has 148 valence electrons. The number of carboxylic acid groups (broad SMARTS) is 1. The average molecular weight is 448 g/mol. The van der Waals surface area contributed by atoms with Crippen LogP contribution in [0.4, 0.5) is 0 Å². The lowest BCUT2D eigenvalue weighted by Crippen LogP contribution is -2.44. The van der Waals surface area contributed by atoms with E-state index in [0.29, 0.717) is 16.1 Å². The van der Waals surface area contributed by atoms with Gasteiger partial charge in [-0.2, -0.15) is 5.01 Å². The van der Waals surface area contributed by atoms with Crippen molar-refractivity contribution in [1.29, 1.82) is 0 Å². The van der Waals surface area contributed by atoms with Crippen molar-refractivity contribution in [1.82, 2.24) is 10.4 Å². The molecule has 29 heavy (non-hydrogen) atoms. The smallest absolute Gasteiger partial charge is 0.285 e. The standard InChI is InChI=1S/C19H13ClN2O5S2/c20-13-7-5-11(6-8-13)17(25)21-22-18(26)15(29-19(22)28)9-12-3-1-2-4-14(12)27-10-16(23)24/h1-9H,10H2,(H,21,25)(H,23,24)/p-1/b15-9+. The van der Waals surface area contributed by atoms with E-state index in [2.05, 4.69) is 5.43 Å². The summed E-state index contributed by atoms with van der Waals surface area (Å²) in [5.74, 6) is -2.13. The molecule has 0 atom stereocenters. The molecule has 1 heterocycles. The molecule has 1 aliphatic heterocycles. The van der Waals surface area contributed by atoms with E-state index in [1.165, 1.54) is 18.2 Å². The zero-order valence-electron chi connectivity index (χ0n) is 14.6. The van der Waals surface area contributed by atoms with Gasteiger partial charge in [0, 0.05) is 16.1 Å². The fourth-order valence-corrected chi connectivity index (χ4v) is 3.64. The number of para-hydroxylation sites is 1. The summed E-state index contributed by atoms with van der Waals surface area (Å²) in [5, 5.41) is 12.1. The number of aliphatic carboxylic acids is 1. The molecule has 3 rings (SSSR count). The number of hydrazine groups is 1. The predicted octanol–water partition coefficient (Wildman–Crippen LogP) is 2.01. The van der Waals surface area contributed by atoms with E-state index in [1.807, 2.05) is 0 Å². The third-order valence-electron chi connectivity index (χ3n) is 3.66. The van der Waals surface area contributed by atoms with E-state index >= 15 is 0 Å². The zero-order valence-corrected chi connectivity index (χ0v) is 17.0. The maximum Gasteiger partial charge on any atom is 0.285 e. The zero-order chi connectivity index (χ0) is 21.0. The third-order valence-corrected chi connectivity index (χ3v) is 5.22. The number of carbonyl (C=O) groups is 3. The van der Waals surface area contributed by atoms with E-state index in [4.69, 9.17) is 28.6 Å². The SMILES string of the molecule is O=C([O-])COc1ccccc1/C=C1/SC(=S)N(NC(=O)c2ccc(Cl)cc2)C1=O. The highest BCUT2D eigenvalue weighted by atomic mass is 35.5. The van der Waals surface area contributed by atoms with Crippen LogP contribution in [0.15, 0.2) is 53.4 Å². The van der Waals surface area contributed by atoms with Crippen LogP contribution in [0.1, 0.15) is 15.9 Å². The highest BCUT2D eigenvalue weighted by Gasteiger charge is 2.34. The fourth-order valence-electron chi connectivity index (χ4n) is 2.34. The number of rotatable bonds is 6. The van der Waals surface area contributed by atoms with Gasteiger partial charge in [-0.25, -0.2) is 0 Å². The molecule has 1 aliphatic rings. The Morgan fingerprint density at radius 1 is 1.21 bits per heavy atom. The van der Waals surface area contributed by atoms with Gasteiger partial charge in [-0.3, -0.25) is 15.0 Å². The van der Waals surface area contributed by atoms with Gasteiger partial charge in [0.15, 0.2) is 4.32 Å². The summed E-state index contributed by atoms with van der Waals surface area (Å²) in [6, 6.07) is 12.8. The highest BCUT2D eigenvalue weighted by molar-refractivity contribution is 8.26. The quantitative estimate of drug-likeness (QED) is 0.534. The molecular formula is C19H12ClN2O5S2-. The van der Waals surface area contributed by atoms with Crippen molar-refractivity contribution in [2.45, 2.75) is 0 Å². The van der Waals surface area contributed by atoms with Crippen LogP contribution < -0.4 is 15.3 Å². The number of nitrogens with zero attached hydrogens (tertiary/aromatic N) is 1. The van der Waals surface area contributed by atoms with Crippen molar-refractivity contribution in [3.8, 4) is 5.75 Å². The molecule has 0 saturated carbocycles.